The maximum absolute atomic E-state index is 14.2. The standard InChI is InChI=1S/C45H58N8O8/c1-26(2)36(50-42(56)58-7)40(54)52-19-9-10-34(52)38-46-21-32(48-38)30-15-11-28(12-16-30)29-13-17-31(18-14-29)33-22-47-39(49-33)35-20-45(60-24-44(5,6)25-61-45)23-53(35)41(55)37(27(3)4)51-43(57)59-8/h11-18,21-22,26-27,34-37H,9-10,19-20,23-25H2,1-8H3,(H,46,48)(H,47,49)(H,50,56)(H,51,57). The predicted octanol–water partition coefficient (Wildman–Crippen LogP) is 6.60. The number of methoxy groups -OCH3 is 2. The molecule has 16 nitrogen and oxygen atoms in total. The van der Waals surface area contributed by atoms with Crippen LogP contribution in [0.1, 0.15) is 84.5 Å². The number of hydrogen-bond donors (Lipinski definition) is 4. The molecule has 61 heavy (non-hydrogen) atoms. The first kappa shape index (κ1) is 43.4. The molecule has 4 N–H and O–H groups in total. The predicted molar refractivity (Wildman–Crippen MR) is 227 cm³/mol. The van der Waals surface area contributed by atoms with Crippen molar-refractivity contribution in [1.82, 2.24) is 40.4 Å². The van der Waals surface area contributed by atoms with E-state index in [0.29, 0.717) is 37.8 Å². The molecule has 5 heterocycles. The summed E-state index contributed by atoms with van der Waals surface area (Å²) in [5, 5.41) is 5.41. The van der Waals surface area contributed by atoms with Crippen molar-refractivity contribution in [3.8, 4) is 33.6 Å². The lowest BCUT2D eigenvalue weighted by atomic mass is 9.94. The Balaban J connectivity index is 1.04. The molecule has 3 fully saturated rings. The Labute approximate surface area is 356 Å². The van der Waals surface area contributed by atoms with Gasteiger partial charge < -0.3 is 49.3 Å². The monoisotopic (exact) mass is 838 g/mol. The highest BCUT2D eigenvalue weighted by Gasteiger charge is 2.53. The number of carbonyl (C=O) groups is 4. The number of aromatic nitrogens is 4. The summed E-state index contributed by atoms with van der Waals surface area (Å²) in [5.41, 5.74) is 5.43. The Morgan fingerprint density at radius 2 is 1.15 bits per heavy atom. The van der Waals surface area contributed by atoms with E-state index in [0.717, 1.165) is 46.5 Å². The summed E-state index contributed by atoms with van der Waals surface area (Å²) in [6.07, 6.45) is 4.25. The van der Waals surface area contributed by atoms with Gasteiger partial charge in [-0.25, -0.2) is 19.6 Å². The summed E-state index contributed by atoms with van der Waals surface area (Å²) < 4.78 is 22.3. The van der Waals surface area contributed by atoms with E-state index in [1.165, 1.54) is 14.2 Å². The number of ether oxygens (including phenoxy) is 4. The Morgan fingerprint density at radius 1 is 0.705 bits per heavy atom. The van der Waals surface area contributed by atoms with Crippen LogP contribution in [0.5, 0.6) is 0 Å². The second-order valence-electron chi connectivity index (χ2n) is 17.8. The Bertz CT molecular complexity index is 2190. The molecule has 3 aliphatic heterocycles. The van der Waals surface area contributed by atoms with Gasteiger partial charge in [0.05, 0.1) is 69.8 Å². The average molecular weight is 839 g/mol. The van der Waals surface area contributed by atoms with Crippen molar-refractivity contribution < 1.29 is 38.1 Å². The second-order valence-corrected chi connectivity index (χ2v) is 17.8. The van der Waals surface area contributed by atoms with Crippen molar-refractivity contribution >= 4 is 24.0 Å². The highest BCUT2D eigenvalue weighted by Crippen LogP contribution is 2.44. The number of imidazole rings is 2. The molecule has 4 aromatic rings. The van der Waals surface area contributed by atoms with Crippen LogP contribution in [0.2, 0.25) is 0 Å². The number of likely N-dealkylation sites (tertiary alicyclic amines) is 2. The van der Waals surface area contributed by atoms with E-state index < -0.39 is 36.1 Å². The number of aromatic amines is 2. The molecular formula is C45H58N8O8. The lowest BCUT2D eigenvalue weighted by Crippen LogP contribution is -2.53. The third-order valence-electron chi connectivity index (χ3n) is 11.9. The lowest BCUT2D eigenvalue weighted by molar-refractivity contribution is -0.290. The molecule has 4 unspecified atom stereocenters. The number of alkyl carbamates (subject to hydrolysis) is 2. The van der Waals surface area contributed by atoms with Crippen LogP contribution in [0.15, 0.2) is 60.9 Å². The molecule has 2 aromatic heterocycles. The molecule has 3 aliphatic rings. The van der Waals surface area contributed by atoms with E-state index in [1.54, 1.807) is 22.2 Å². The first-order valence-corrected chi connectivity index (χ1v) is 21.0. The number of rotatable bonds is 11. The van der Waals surface area contributed by atoms with Crippen LogP contribution >= 0.6 is 0 Å². The van der Waals surface area contributed by atoms with Crippen LogP contribution < -0.4 is 10.6 Å². The molecule has 4 atom stereocenters. The maximum atomic E-state index is 14.2. The van der Waals surface area contributed by atoms with Gasteiger partial charge in [0.2, 0.25) is 11.8 Å². The van der Waals surface area contributed by atoms with E-state index >= 15 is 0 Å². The molecule has 0 radical (unpaired) electrons. The van der Waals surface area contributed by atoms with Crippen molar-refractivity contribution in [3.05, 3.63) is 72.6 Å². The van der Waals surface area contributed by atoms with Gasteiger partial charge >= 0.3 is 12.2 Å². The number of hydrogen-bond acceptors (Lipinski definition) is 10. The molecule has 0 aliphatic carbocycles. The van der Waals surface area contributed by atoms with Crippen LogP contribution in [0, 0.1) is 17.3 Å². The van der Waals surface area contributed by atoms with Gasteiger partial charge in [0.1, 0.15) is 23.7 Å². The molecule has 0 saturated carbocycles. The van der Waals surface area contributed by atoms with E-state index in [1.807, 2.05) is 52.0 Å². The molecule has 16 heteroatoms. The highest BCUT2D eigenvalue weighted by molar-refractivity contribution is 5.87. The maximum Gasteiger partial charge on any atom is 0.407 e. The van der Waals surface area contributed by atoms with Gasteiger partial charge in [0.15, 0.2) is 5.79 Å². The van der Waals surface area contributed by atoms with Crippen LogP contribution in [0.3, 0.4) is 0 Å². The van der Waals surface area contributed by atoms with Gasteiger partial charge in [-0.1, -0.05) is 90.1 Å². The summed E-state index contributed by atoms with van der Waals surface area (Å²) in [7, 11) is 2.56. The topological polar surface area (TPSA) is 193 Å². The van der Waals surface area contributed by atoms with Crippen molar-refractivity contribution in [2.45, 2.75) is 90.8 Å². The molecule has 326 valence electrons. The number of benzene rings is 2. The van der Waals surface area contributed by atoms with Crippen molar-refractivity contribution in [2.75, 3.05) is 40.5 Å². The van der Waals surface area contributed by atoms with Gasteiger partial charge in [-0.2, -0.15) is 0 Å². The second kappa shape index (κ2) is 17.7. The minimum absolute atomic E-state index is 0.114. The number of amides is 4. The molecule has 7 rings (SSSR count). The van der Waals surface area contributed by atoms with Crippen LogP contribution in [-0.2, 0) is 28.5 Å². The van der Waals surface area contributed by atoms with Crippen molar-refractivity contribution in [1.29, 1.82) is 0 Å². The summed E-state index contributed by atoms with van der Waals surface area (Å²) in [6.45, 7) is 13.5. The highest BCUT2D eigenvalue weighted by atomic mass is 16.7. The van der Waals surface area contributed by atoms with Crippen molar-refractivity contribution in [3.63, 3.8) is 0 Å². The first-order chi connectivity index (χ1) is 29.1. The minimum Gasteiger partial charge on any atom is -0.453 e. The molecule has 2 aromatic carbocycles. The van der Waals surface area contributed by atoms with E-state index in [4.69, 9.17) is 23.9 Å². The fourth-order valence-corrected chi connectivity index (χ4v) is 8.32. The van der Waals surface area contributed by atoms with Crippen molar-refractivity contribution in [2.24, 2.45) is 17.3 Å². The summed E-state index contributed by atoms with van der Waals surface area (Å²) >= 11 is 0. The largest absolute Gasteiger partial charge is 0.453 e. The number of H-pyrrole nitrogens is 2. The zero-order valence-corrected chi connectivity index (χ0v) is 36.2. The fraction of sp³-hybridized carbons (Fsp3) is 0.511. The molecule has 1 spiro atoms. The molecular weight excluding hydrogens is 781 g/mol. The van der Waals surface area contributed by atoms with Crippen LogP contribution in [0.25, 0.3) is 33.6 Å². The third kappa shape index (κ3) is 9.30. The Morgan fingerprint density at radius 3 is 1.61 bits per heavy atom. The summed E-state index contributed by atoms with van der Waals surface area (Å²) in [6, 6.07) is 14.2. The van der Waals surface area contributed by atoms with E-state index in [-0.39, 0.29) is 41.7 Å². The SMILES string of the molecule is COC(=O)NC(C(=O)N1CCCC1c1ncc(-c2ccc(-c3ccc(-c4cnc(C5CC6(CN5C(=O)C(NC(=O)OC)C(C)C)OCC(C)(C)CO6)[nH]4)cc3)cc2)[nH]1)C(C)C. The molecule has 4 amide bonds. The first-order valence-electron chi connectivity index (χ1n) is 21.0. The Hall–Kier alpha value is -5.74. The summed E-state index contributed by atoms with van der Waals surface area (Å²) in [5.74, 6) is -0.411. The fourth-order valence-electron chi connectivity index (χ4n) is 8.32. The van der Waals surface area contributed by atoms with Crippen LogP contribution in [-0.4, -0.2) is 112 Å². The van der Waals surface area contributed by atoms with E-state index in [2.05, 4.69) is 63.7 Å². The van der Waals surface area contributed by atoms with Crippen LogP contribution in [0.4, 0.5) is 9.59 Å². The number of nitrogens with zero attached hydrogens (tertiary/aromatic N) is 4. The normalized spacial score (nSPS) is 20.5. The average Bonchev–Trinajstić information content (AvgIpc) is 4.09. The Kier molecular flexibility index (Phi) is 12.6. The van der Waals surface area contributed by atoms with Gasteiger partial charge in [-0.05, 0) is 46.9 Å². The van der Waals surface area contributed by atoms with Gasteiger partial charge in [0, 0.05) is 18.4 Å². The van der Waals surface area contributed by atoms with Gasteiger partial charge in [-0.3, -0.25) is 9.59 Å². The van der Waals surface area contributed by atoms with Gasteiger partial charge in [0.25, 0.3) is 0 Å². The summed E-state index contributed by atoms with van der Waals surface area (Å²) in [4.78, 5) is 71.8. The zero-order chi connectivity index (χ0) is 43.6. The van der Waals surface area contributed by atoms with Gasteiger partial charge in [-0.15, -0.1) is 0 Å². The lowest BCUT2D eigenvalue weighted by Gasteiger charge is -2.41. The smallest absolute Gasteiger partial charge is 0.407 e. The molecule has 0 bridgehead atoms. The third-order valence-corrected chi connectivity index (χ3v) is 11.9. The van der Waals surface area contributed by atoms with E-state index in [9.17, 15) is 19.2 Å². The minimum atomic E-state index is -0.993. The zero-order valence-electron chi connectivity index (χ0n) is 36.2. The molecule has 3 saturated heterocycles. The number of nitrogens with one attached hydrogen (secondary N) is 4. The quantitative estimate of drug-likeness (QED) is 0.128. The number of carbonyl (C=O) groups excluding carboxylic acids is 4.